The first kappa shape index (κ1) is 23.8. The van der Waals surface area contributed by atoms with Crippen LogP contribution >= 0.6 is 0 Å². The Morgan fingerprint density at radius 2 is 1.81 bits per heavy atom. The maximum atomic E-state index is 13.1. The molecule has 37 heavy (non-hydrogen) atoms. The molecule has 1 aliphatic carbocycles. The lowest BCUT2D eigenvalue weighted by Gasteiger charge is -2.56. The number of aryl methyl sites for hydroxylation is 2. The van der Waals surface area contributed by atoms with E-state index in [1.54, 1.807) is 18.5 Å². The van der Waals surface area contributed by atoms with E-state index in [1.807, 2.05) is 30.0 Å². The van der Waals surface area contributed by atoms with E-state index in [1.165, 1.54) is 11.1 Å². The molecule has 7 heteroatoms. The first-order chi connectivity index (χ1) is 17.9. The lowest BCUT2D eigenvalue weighted by atomic mass is 9.71. The number of likely N-dealkylation sites (tertiary alicyclic amines) is 2. The second-order valence-corrected chi connectivity index (χ2v) is 11.0. The Labute approximate surface area is 217 Å². The van der Waals surface area contributed by atoms with Crippen LogP contribution < -0.4 is 5.73 Å². The number of fused-ring (bicyclic) bond motifs is 1. The van der Waals surface area contributed by atoms with Crippen LogP contribution in [0.15, 0.2) is 54.9 Å². The van der Waals surface area contributed by atoms with E-state index in [2.05, 4.69) is 33.1 Å². The van der Waals surface area contributed by atoms with Gasteiger partial charge in [0.2, 0.25) is 11.8 Å². The number of nitrogens with zero attached hydrogens (tertiary/aromatic N) is 4. The number of carbonyl (C=O) groups excluding carboxylic acids is 2. The fourth-order valence-corrected chi connectivity index (χ4v) is 6.57. The van der Waals surface area contributed by atoms with Crippen LogP contribution in [0, 0.1) is 12.3 Å². The molecule has 0 bridgehead atoms. The maximum Gasteiger partial charge on any atom is 0.249 e. The van der Waals surface area contributed by atoms with Crippen molar-refractivity contribution < 1.29 is 9.59 Å². The van der Waals surface area contributed by atoms with Gasteiger partial charge in [0.1, 0.15) is 0 Å². The largest absolute Gasteiger partial charge is 0.366 e. The Hall–Kier alpha value is -3.58. The van der Waals surface area contributed by atoms with Crippen molar-refractivity contribution in [2.24, 2.45) is 11.1 Å². The van der Waals surface area contributed by atoms with Crippen LogP contribution in [-0.4, -0.2) is 57.8 Å². The number of hydrogen-bond donors (Lipinski definition) is 1. The topological polar surface area (TPSA) is 92.4 Å². The van der Waals surface area contributed by atoms with Gasteiger partial charge in [-0.15, -0.1) is 0 Å². The van der Waals surface area contributed by atoms with Gasteiger partial charge in [0.15, 0.2) is 5.82 Å². The van der Waals surface area contributed by atoms with Crippen molar-refractivity contribution in [2.45, 2.75) is 45.1 Å². The van der Waals surface area contributed by atoms with E-state index in [0.717, 1.165) is 74.4 Å². The third-order valence-corrected chi connectivity index (χ3v) is 8.71. The quantitative estimate of drug-likeness (QED) is 0.583. The minimum atomic E-state index is -0.475. The minimum Gasteiger partial charge on any atom is -0.366 e. The van der Waals surface area contributed by atoms with Gasteiger partial charge in [-0.1, -0.05) is 24.3 Å². The van der Waals surface area contributed by atoms with E-state index in [-0.39, 0.29) is 12.3 Å². The lowest BCUT2D eigenvalue weighted by Crippen LogP contribution is -2.61. The number of aromatic nitrogens is 2. The van der Waals surface area contributed by atoms with E-state index in [9.17, 15) is 9.59 Å². The molecule has 2 amide bonds. The van der Waals surface area contributed by atoms with Gasteiger partial charge in [0, 0.05) is 55.7 Å². The number of rotatable bonds is 5. The first-order valence-corrected chi connectivity index (χ1v) is 13.2. The molecule has 0 unspecified atom stereocenters. The van der Waals surface area contributed by atoms with E-state index in [4.69, 9.17) is 5.73 Å². The van der Waals surface area contributed by atoms with Crippen molar-refractivity contribution in [1.29, 1.82) is 0 Å². The summed E-state index contributed by atoms with van der Waals surface area (Å²) in [6.45, 7) is 5.71. The van der Waals surface area contributed by atoms with Gasteiger partial charge in [-0.2, -0.15) is 0 Å². The number of hydrogen-bond acceptors (Lipinski definition) is 5. The van der Waals surface area contributed by atoms with Crippen LogP contribution in [0.3, 0.4) is 0 Å². The molecule has 7 nitrogen and oxygen atoms in total. The van der Waals surface area contributed by atoms with Crippen LogP contribution in [0.25, 0.3) is 11.4 Å². The number of nitrogens with two attached hydrogens (primary N) is 1. The molecule has 1 atom stereocenters. The fraction of sp³-hybridized carbons (Fsp3) is 0.400. The van der Waals surface area contributed by atoms with Gasteiger partial charge in [0.05, 0.1) is 6.42 Å². The number of amides is 2. The van der Waals surface area contributed by atoms with Crippen molar-refractivity contribution in [1.82, 2.24) is 19.8 Å². The summed E-state index contributed by atoms with van der Waals surface area (Å²) in [4.78, 5) is 38.4. The molecule has 0 radical (unpaired) electrons. The number of piperidine rings is 1. The molecule has 1 aromatic heterocycles. The molecule has 1 spiro atoms. The summed E-state index contributed by atoms with van der Waals surface area (Å²) in [7, 11) is 0. The zero-order valence-electron chi connectivity index (χ0n) is 21.3. The smallest absolute Gasteiger partial charge is 0.249 e. The van der Waals surface area contributed by atoms with Crippen molar-refractivity contribution in [3.05, 3.63) is 82.7 Å². The van der Waals surface area contributed by atoms with Crippen LogP contribution in [0.5, 0.6) is 0 Å². The van der Waals surface area contributed by atoms with Gasteiger partial charge in [-0.25, -0.2) is 9.97 Å². The van der Waals surface area contributed by atoms with Crippen molar-refractivity contribution in [2.75, 3.05) is 26.2 Å². The average molecular weight is 496 g/mol. The molecule has 3 heterocycles. The van der Waals surface area contributed by atoms with E-state index >= 15 is 0 Å². The Bertz CT molecular complexity index is 1340. The third-order valence-electron chi connectivity index (χ3n) is 8.71. The van der Waals surface area contributed by atoms with Gasteiger partial charge < -0.3 is 10.6 Å². The molecular weight excluding hydrogens is 462 g/mol. The summed E-state index contributed by atoms with van der Waals surface area (Å²) in [5.74, 6) is 0.397. The van der Waals surface area contributed by atoms with E-state index in [0.29, 0.717) is 17.0 Å². The highest BCUT2D eigenvalue weighted by Gasteiger charge is 2.48. The summed E-state index contributed by atoms with van der Waals surface area (Å²) in [6.07, 6.45) is 8.14. The monoisotopic (exact) mass is 495 g/mol. The molecule has 2 fully saturated rings. The maximum absolute atomic E-state index is 13.1. The molecule has 3 aliphatic rings. The number of benzene rings is 2. The second-order valence-electron chi connectivity index (χ2n) is 11.0. The lowest BCUT2D eigenvalue weighted by molar-refractivity contribution is -0.136. The van der Waals surface area contributed by atoms with Crippen molar-refractivity contribution in [3.8, 4) is 11.4 Å². The van der Waals surface area contributed by atoms with Crippen LogP contribution in [0.2, 0.25) is 0 Å². The summed E-state index contributed by atoms with van der Waals surface area (Å²) >= 11 is 0. The normalized spacial score (nSPS) is 20.5. The molecule has 2 aliphatic heterocycles. The van der Waals surface area contributed by atoms with Crippen molar-refractivity contribution >= 4 is 11.8 Å². The van der Waals surface area contributed by atoms with Crippen LogP contribution in [0.1, 0.15) is 57.9 Å². The third kappa shape index (κ3) is 4.42. The molecule has 2 aromatic carbocycles. The SMILES string of the molecule is Cc1cccc(C(N)=O)c1CC(=O)N1CCC2(CC1)CN([C@@H]1CCc3cc(-c4ncccn4)ccc31)C2. The predicted molar refractivity (Wildman–Crippen MR) is 142 cm³/mol. The fourth-order valence-electron chi connectivity index (χ4n) is 6.57. The molecular formula is C30H33N5O2. The zero-order chi connectivity index (χ0) is 25.6. The summed E-state index contributed by atoms with van der Waals surface area (Å²) in [5.41, 5.74) is 12.0. The highest BCUT2D eigenvalue weighted by atomic mass is 16.2. The summed E-state index contributed by atoms with van der Waals surface area (Å²) in [6, 6.07) is 14.5. The highest BCUT2D eigenvalue weighted by molar-refractivity contribution is 5.96. The van der Waals surface area contributed by atoms with Gasteiger partial charge in [-0.05, 0) is 78.5 Å². The molecule has 0 saturated carbocycles. The number of carbonyl (C=O) groups is 2. The highest BCUT2D eigenvalue weighted by Crippen LogP contribution is 2.48. The predicted octanol–water partition coefficient (Wildman–Crippen LogP) is 3.71. The van der Waals surface area contributed by atoms with Crippen LogP contribution in [-0.2, 0) is 17.6 Å². The Morgan fingerprint density at radius 3 is 2.54 bits per heavy atom. The molecule has 190 valence electrons. The van der Waals surface area contributed by atoms with Gasteiger partial charge >= 0.3 is 0 Å². The zero-order valence-corrected chi connectivity index (χ0v) is 21.3. The van der Waals surface area contributed by atoms with E-state index < -0.39 is 5.91 Å². The van der Waals surface area contributed by atoms with Gasteiger partial charge in [0.25, 0.3) is 0 Å². The van der Waals surface area contributed by atoms with Crippen LogP contribution in [0.4, 0.5) is 0 Å². The Kier molecular flexibility index (Phi) is 6.03. The molecule has 2 N–H and O–H groups in total. The molecule has 6 rings (SSSR count). The second kappa shape index (κ2) is 9.38. The summed E-state index contributed by atoms with van der Waals surface area (Å²) < 4.78 is 0. The average Bonchev–Trinajstić information content (AvgIpc) is 3.31. The molecule has 2 saturated heterocycles. The first-order valence-electron chi connectivity index (χ1n) is 13.2. The Balaban J connectivity index is 1.06. The Morgan fingerprint density at radius 1 is 1.05 bits per heavy atom. The standard InChI is InChI=1S/C30H33N5O2/c1-20-4-2-5-24(28(31)37)25(20)17-27(36)34-14-10-30(11-15-34)18-35(19-30)26-9-7-21-16-22(6-8-23(21)26)29-32-12-3-13-33-29/h2-6,8,12-13,16,26H,7,9-11,14-15,17-19H2,1H3,(H2,31,37)/t26-/m1/s1. The number of primary amides is 1. The minimum absolute atomic E-state index is 0.0887. The summed E-state index contributed by atoms with van der Waals surface area (Å²) in [5, 5.41) is 0. The van der Waals surface area contributed by atoms with Gasteiger partial charge in [-0.3, -0.25) is 14.5 Å². The van der Waals surface area contributed by atoms with Crippen molar-refractivity contribution in [3.63, 3.8) is 0 Å². The molecule has 3 aromatic rings.